The number of benzene rings is 1. The first kappa shape index (κ1) is 11.8. The Bertz CT molecular complexity index is 442. The highest BCUT2D eigenvalue weighted by atomic mass is 16.6. The quantitative estimate of drug-likeness (QED) is 0.792. The highest BCUT2D eigenvalue weighted by Gasteiger charge is 2.38. The van der Waals surface area contributed by atoms with Crippen LogP contribution in [0.2, 0.25) is 0 Å². The number of carbonyl (C=O) groups is 1. The Hall–Kier alpha value is -1.68. The van der Waals surface area contributed by atoms with Crippen molar-refractivity contribution < 1.29 is 9.63 Å². The first-order valence-electron chi connectivity index (χ1n) is 5.73. The van der Waals surface area contributed by atoms with Crippen molar-refractivity contribution in [2.24, 2.45) is 10.9 Å². The molecule has 2 rings (SSSR count). The van der Waals surface area contributed by atoms with Crippen LogP contribution < -0.4 is 5.90 Å². The molecule has 1 heterocycles. The fourth-order valence-corrected chi connectivity index (χ4v) is 2.38. The van der Waals surface area contributed by atoms with Crippen molar-refractivity contribution in [1.82, 2.24) is 0 Å². The fraction of sp³-hybridized carbons (Fsp3) is 0.385. The smallest absolute Gasteiger partial charge is 0.249 e. The maximum absolute atomic E-state index is 11.7. The van der Waals surface area contributed by atoms with Crippen LogP contribution in [0.4, 0.5) is 0 Å². The summed E-state index contributed by atoms with van der Waals surface area (Å²) in [4.78, 5) is 20.1. The third-order valence-electron chi connectivity index (χ3n) is 3.43. The lowest BCUT2D eigenvalue weighted by Crippen LogP contribution is -2.36. The molecule has 0 radical (unpaired) electrons. The Morgan fingerprint density at radius 1 is 1.35 bits per heavy atom. The second-order valence-corrected chi connectivity index (χ2v) is 4.37. The number of nitrogens with two attached hydrogens (primary N) is 1. The highest BCUT2D eigenvalue weighted by Crippen LogP contribution is 2.38. The van der Waals surface area contributed by atoms with Crippen molar-refractivity contribution in [3.8, 4) is 0 Å². The van der Waals surface area contributed by atoms with Gasteiger partial charge >= 0.3 is 0 Å². The molecule has 1 aliphatic heterocycles. The van der Waals surface area contributed by atoms with Gasteiger partial charge in [-0.1, -0.05) is 37.3 Å². The SMILES string of the molecule is CCC1(c2ccccc2)CC(=O)N=C(ON)C1. The van der Waals surface area contributed by atoms with Crippen molar-refractivity contribution in [1.29, 1.82) is 0 Å². The Kier molecular flexibility index (Phi) is 3.24. The van der Waals surface area contributed by atoms with Crippen LogP contribution in [0.3, 0.4) is 0 Å². The number of rotatable bonds is 2. The van der Waals surface area contributed by atoms with Gasteiger partial charge in [-0.05, 0) is 12.0 Å². The minimum atomic E-state index is -0.227. The van der Waals surface area contributed by atoms with E-state index in [1.807, 2.05) is 30.3 Å². The van der Waals surface area contributed by atoms with Gasteiger partial charge in [-0.15, -0.1) is 0 Å². The number of aliphatic imine (C=N–C) groups is 1. The van der Waals surface area contributed by atoms with E-state index < -0.39 is 0 Å². The standard InChI is InChI=1S/C13H16N2O2/c1-2-13(10-6-4-3-5-7-10)8-11(16)15-12(9-13)17-14/h3-7H,2,8-9,14H2,1H3. The predicted octanol–water partition coefficient (Wildman–Crippen LogP) is 1.94. The molecule has 1 amide bonds. The molecule has 1 aromatic rings. The molecule has 4 nitrogen and oxygen atoms in total. The summed E-state index contributed by atoms with van der Waals surface area (Å²) in [5.41, 5.74) is 0.912. The molecule has 1 unspecified atom stereocenters. The number of nitrogens with zero attached hydrogens (tertiary/aromatic N) is 1. The number of amides is 1. The Labute approximate surface area is 100 Å². The van der Waals surface area contributed by atoms with Gasteiger partial charge in [0.05, 0.1) is 0 Å². The lowest BCUT2D eigenvalue weighted by Gasteiger charge is -2.34. The van der Waals surface area contributed by atoms with E-state index in [0.29, 0.717) is 18.7 Å². The van der Waals surface area contributed by atoms with Crippen LogP contribution >= 0.6 is 0 Å². The molecule has 0 fully saturated rings. The van der Waals surface area contributed by atoms with E-state index in [2.05, 4.69) is 16.8 Å². The van der Waals surface area contributed by atoms with Crippen LogP contribution in [-0.2, 0) is 15.0 Å². The molecule has 17 heavy (non-hydrogen) atoms. The maximum atomic E-state index is 11.7. The second kappa shape index (κ2) is 4.67. The van der Waals surface area contributed by atoms with Gasteiger partial charge in [0.1, 0.15) is 0 Å². The summed E-state index contributed by atoms with van der Waals surface area (Å²) < 4.78 is 0. The summed E-state index contributed by atoms with van der Waals surface area (Å²) in [7, 11) is 0. The van der Waals surface area contributed by atoms with Gasteiger partial charge in [0, 0.05) is 18.3 Å². The first-order valence-corrected chi connectivity index (χ1v) is 5.73. The van der Waals surface area contributed by atoms with Crippen LogP contribution in [0.1, 0.15) is 31.7 Å². The summed E-state index contributed by atoms with van der Waals surface area (Å²) in [5.74, 6) is 5.30. The predicted molar refractivity (Wildman–Crippen MR) is 65.4 cm³/mol. The van der Waals surface area contributed by atoms with Crippen LogP contribution in [0.15, 0.2) is 35.3 Å². The van der Waals surface area contributed by atoms with Crippen LogP contribution in [0, 0.1) is 0 Å². The number of carbonyl (C=O) groups excluding carboxylic acids is 1. The summed E-state index contributed by atoms with van der Waals surface area (Å²) in [5, 5.41) is 0. The largest absolute Gasteiger partial charge is 0.396 e. The molecule has 4 heteroatoms. The molecule has 90 valence electrons. The molecule has 0 bridgehead atoms. The number of hydrogen-bond acceptors (Lipinski definition) is 3. The maximum Gasteiger partial charge on any atom is 0.249 e. The highest BCUT2D eigenvalue weighted by molar-refractivity contribution is 5.95. The van der Waals surface area contributed by atoms with Gasteiger partial charge in [0.15, 0.2) is 0 Å². The van der Waals surface area contributed by atoms with E-state index in [0.717, 1.165) is 12.0 Å². The average Bonchev–Trinajstić information content (AvgIpc) is 2.39. The van der Waals surface area contributed by atoms with Crippen LogP contribution in [0.5, 0.6) is 0 Å². The second-order valence-electron chi connectivity index (χ2n) is 4.37. The van der Waals surface area contributed by atoms with E-state index in [1.165, 1.54) is 0 Å². The Morgan fingerprint density at radius 2 is 2.06 bits per heavy atom. The van der Waals surface area contributed by atoms with Crippen molar-refractivity contribution in [3.63, 3.8) is 0 Å². The molecule has 2 N–H and O–H groups in total. The summed E-state index contributed by atoms with van der Waals surface area (Å²) >= 11 is 0. The molecule has 0 aromatic heterocycles. The molecular formula is C13H16N2O2. The van der Waals surface area contributed by atoms with E-state index in [9.17, 15) is 4.79 Å². The zero-order valence-corrected chi connectivity index (χ0v) is 9.85. The molecule has 1 aliphatic rings. The van der Waals surface area contributed by atoms with E-state index in [4.69, 9.17) is 5.90 Å². The summed E-state index contributed by atoms with van der Waals surface area (Å²) in [6.07, 6.45) is 1.85. The average molecular weight is 232 g/mol. The molecule has 0 saturated carbocycles. The minimum absolute atomic E-state index is 0.164. The van der Waals surface area contributed by atoms with Crippen molar-refractivity contribution in [3.05, 3.63) is 35.9 Å². The van der Waals surface area contributed by atoms with Crippen molar-refractivity contribution in [2.45, 2.75) is 31.6 Å². The Balaban J connectivity index is 2.40. The zero-order valence-electron chi connectivity index (χ0n) is 9.85. The number of hydrogen-bond donors (Lipinski definition) is 1. The van der Waals surface area contributed by atoms with Gasteiger partial charge in [0.2, 0.25) is 11.8 Å². The minimum Gasteiger partial charge on any atom is -0.396 e. The summed E-state index contributed by atoms with van der Waals surface area (Å²) in [6.45, 7) is 2.07. The van der Waals surface area contributed by atoms with Gasteiger partial charge < -0.3 is 4.84 Å². The van der Waals surface area contributed by atoms with Crippen molar-refractivity contribution >= 4 is 11.8 Å². The van der Waals surface area contributed by atoms with Crippen molar-refractivity contribution in [2.75, 3.05) is 0 Å². The first-order chi connectivity index (χ1) is 8.20. The van der Waals surface area contributed by atoms with E-state index in [-0.39, 0.29) is 11.3 Å². The molecule has 0 saturated heterocycles. The molecule has 0 aliphatic carbocycles. The Morgan fingerprint density at radius 3 is 2.65 bits per heavy atom. The third-order valence-corrected chi connectivity index (χ3v) is 3.43. The lowest BCUT2D eigenvalue weighted by atomic mass is 9.71. The monoisotopic (exact) mass is 232 g/mol. The van der Waals surface area contributed by atoms with E-state index >= 15 is 0 Å². The fourth-order valence-electron chi connectivity index (χ4n) is 2.38. The van der Waals surface area contributed by atoms with Crippen LogP contribution in [0.25, 0.3) is 0 Å². The van der Waals surface area contributed by atoms with E-state index in [1.54, 1.807) is 0 Å². The zero-order chi connectivity index (χ0) is 12.3. The van der Waals surface area contributed by atoms with Gasteiger partial charge in [-0.25, -0.2) is 0 Å². The third kappa shape index (κ3) is 2.22. The molecular weight excluding hydrogens is 216 g/mol. The van der Waals surface area contributed by atoms with Crippen LogP contribution in [-0.4, -0.2) is 11.8 Å². The molecule has 0 spiro atoms. The topological polar surface area (TPSA) is 64.7 Å². The molecule has 1 aromatic carbocycles. The van der Waals surface area contributed by atoms with Gasteiger partial charge in [-0.3, -0.25) is 4.79 Å². The normalized spacial score (nSPS) is 24.4. The van der Waals surface area contributed by atoms with Gasteiger partial charge in [-0.2, -0.15) is 10.9 Å². The lowest BCUT2D eigenvalue weighted by molar-refractivity contribution is -0.119. The summed E-state index contributed by atoms with van der Waals surface area (Å²) in [6, 6.07) is 10.00. The van der Waals surface area contributed by atoms with Gasteiger partial charge in [0.25, 0.3) is 0 Å². The molecule has 1 atom stereocenters.